The smallest absolute Gasteiger partial charge is 0.356 e. The number of aryl methyl sites for hydroxylation is 4. The highest BCUT2D eigenvalue weighted by molar-refractivity contribution is 6.12. The molecule has 1 unspecified atom stereocenters. The molecule has 10 nitrogen and oxygen atoms in total. The molecular weight excluding hydrogens is 508 g/mol. The molecule has 0 spiro atoms. The third kappa shape index (κ3) is 5.44. The zero-order valence-corrected chi connectivity index (χ0v) is 23.5. The highest BCUT2D eigenvalue weighted by Crippen LogP contribution is 2.34. The molecule has 1 atom stereocenters. The second-order valence-electron chi connectivity index (χ2n) is 10.0. The average molecular weight is 545 g/mol. The molecule has 0 bridgehead atoms. The van der Waals surface area contributed by atoms with Crippen molar-refractivity contribution in [3.63, 3.8) is 0 Å². The third-order valence-corrected chi connectivity index (χ3v) is 7.51. The van der Waals surface area contributed by atoms with Gasteiger partial charge in [-0.05, 0) is 51.7 Å². The number of carbonyl (C=O) groups excluding carboxylic acids is 2. The second-order valence-corrected chi connectivity index (χ2v) is 10.0. The Balaban J connectivity index is 1.54. The Morgan fingerprint density at radius 3 is 2.67 bits per heavy atom. The van der Waals surface area contributed by atoms with Crippen molar-refractivity contribution >= 4 is 34.3 Å². The minimum atomic E-state index is -0.552. The van der Waals surface area contributed by atoms with E-state index in [0.29, 0.717) is 49.3 Å². The van der Waals surface area contributed by atoms with Gasteiger partial charge in [0, 0.05) is 42.9 Å². The number of nitrogens with zero attached hydrogens (tertiary/aromatic N) is 4. The monoisotopic (exact) mass is 544 g/mol. The van der Waals surface area contributed by atoms with Crippen molar-refractivity contribution in [2.75, 3.05) is 24.4 Å². The van der Waals surface area contributed by atoms with Crippen LogP contribution in [0, 0.1) is 13.8 Å². The molecule has 0 radical (unpaired) electrons. The van der Waals surface area contributed by atoms with Crippen molar-refractivity contribution in [3.05, 3.63) is 70.8 Å². The number of hydrogen-bond donors (Lipinski definition) is 2. The van der Waals surface area contributed by atoms with Gasteiger partial charge in [0.25, 0.3) is 5.91 Å². The number of ether oxygens (including phenoxy) is 2. The highest BCUT2D eigenvalue weighted by atomic mass is 16.5. The number of anilines is 2. The van der Waals surface area contributed by atoms with Gasteiger partial charge in [0.05, 0.1) is 30.4 Å². The van der Waals surface area contributed by atoms with E-state index in [1.165, 1.54) is 7.11 Å². The molecule has 3 aromatic heterocycles. The molecular formula is C30H36N6O4. The van der Waals surface area contributed by atoms with Crippen LogP contribution < -0.4 is 10.6 Å². The van der Waals surface area contributed by atoms with Crippen LogP contribution in [0.1, 0.15) is 52.8 Å². The van der Waals surface area contributed by atoms with Gasteiger partial charge in [-0.1, -0.05) is 30.3 Å². The summed E-state index contributed by atoms with van der Waals surface area (Å²) < 4.78 is 14.6. The van der Waals surface area contributed by atoms with Crippen molar-refractivity contribution < 1.29 is 19.1 Å². The Bertz CT molecular complexity index is 1520. The number of aromatic nitrogens is 4. The zero-order valence-electron chi connectivity index (χ0n) is 23.5. The summed E-state index contributed by atoms with van der Waals surface area (Å²) in [5.74, 6) is -0.817. The van der Waals surface area contributed by atoms with E-state index in [9.17, 15) is 9.59 Å². The van der Waals surface area contributed by atoms with Crippen molar-refractivity contribution in [2.24, 2.45) is 0 Å². The molecule has 1 aromatic carbocycles. The Kier molecular flexibility index (Phi) is 8.16. The first-order valence-corrected chi connectivity index (χ1v) is 13.7. The van der Waals surface area contributed by atoms with Crippen molar-refractivity contribution in [1.82, 2.24) is 19.3 Å². The summed E-state index contributed by atoms with van der Waals surface area (Å²) in [6.45, 7) is 8.55. The summed E-state index contributed by atoms with van der Waals surface area (Å²) in [5, 5.41) is 11.7. The van der Waals surface area contributed by atoms with E-state index in [0.717, 1.165) is 41.2 Å². The SMILES string of the molecule is CCn1nc(C)c(CNc2cnc3c(c2)c(NC(=O)C2CCCO2)c(C(=O)OC)n3CCc2ccccc2)c1C. The van der Waals surface area contributed by atoms with Crippen LogP contribution in [0.4, 0.5) is 11.4 Å². The molecule has 40 heavy (non-hydrogen) atoms. The number of hydrogen-bond acceptors (Lipinski definition) is 7. The number of rotatable bonds is 10. The van der Waals surface area contributed by atoms with Gasteiger partial charge in [-0.15, -0.1) is 0 Å². The zero-order chi connectivity index (χ0) is 28.2. The quantitative estimate of drug-likeness (QED) is 0.280. The van der Waals surface area contributed by atoms with Crippen LogP contribution in [0.25, 0.3) is 11.0 Å². The first-order valence-electron chi connectivity index (χ1n) is 13.7. The van der Waals surface area contributed by atoms with Gasteiger partial charge in [-0.25, -0.2) is 9.78 Å². The Morgan fingerprint density at radius 2 is 2.00 bits per heavy atom. The average Bonchev–Trinajstić information content (AvgIpc) is 3.68. The molecule has 1 aliphatic heterocycles. The van der Waals surface area contributed by atoms with E-state index >= 15 is 0 Å². The Labute approximate surface area is 233 Å². The van der Waals surface area contributed by atoms with Gasteiger partial charge in [-0.3, -0.25) is 9.48 Å². The first-order chi connectivity index (χ1) is 19.4. The lowest BCUT2D eigenvalue weighted by Crippen LogP contribution is -2.28. The second kappa shape index (κ2) is 11.9. The summed E-state index contributed by atoms with van der Waals surface area (Å²) in [7, 11) is 1.34. The summed E-state index contributed by atoms with van der Waals surface area (Å²) in [4.78, 5) is 31.1. The molecule has 1 amide bonds. The van der Waals surface area contributed by atoms with Crippen LogP contribution in [0.5, 0.6) is 0 Å². The molecule has 4 aromatic rings. The van der Waals surface area contributed by atoms with E-state index < -0.39 is 12.1 Å². The molecule has 210 valence electrons. The van der Waals surface area contributed by atoms with E-state index in [2.05, 4.69) is 29.6 Å². The predicted molar refractivity (Wildman–Crippen MR) is 154 cm³/mol. The first kappa shape index (κ1) is 27.4. The van der Waals surface area contributed by atoms with Crippen LogP contribution in [0.3, 0.4) is 0 Å². The lowest BCUT2D eigenvalue weighted by Gasteiger charge is -2.13. The Hall–Kier alpha value is -4.18. The number of benzene rings is 1. The van der Waals surface area contributed by atoms with Crippen LogP contribution in [-0.4, -0.2) is 51.0 Å². The molecule has 0 saturated carbocycles. The van der Waals surface area contributed by atoms with Gasteiger partial charge < -0.3 is 24.7 Å². The topological polar surface area (TPSA) is 112 Å². The number of nitrogens with one attached hydrogen (secondary N) is 2. The minimum Gasteiger partial charge on any atom is -0.464 e. The van der Waals surface area contributed by atoms with Crippen LogP contribution >= 0.6 is 0 Å². The largest absolute Gasteiger partial charge is 0.464 e. The molecule has 4 heterocycles. The molecule has 1 saturated heterocycles. The maximum atomic E-state index is 13.2. The van der Waals surface area contributed by atoms with Gasteiger partial charge in [0.1, 0.15) is 11.8 Å². The standard InChI is InChI=1S/C30H36N6O4/c1-5-36-20(3)24(19(2)34-36)18-31-22-16-23-26(33-29(37)25-12-9-15-40-25)27(30(38)39-4)35(28(23)32-17-22)14-13-21-10-7-6-8-11-21/h6-8,10-11,16-17,25,31H,5,9,12-15,18H2,1-4H3,(H,33,37). The van der Waals surface area contributed by atoms with E-state index in [1.807, 2.05) is 52.6 Å². The molecule has 10 heteroatoms. The van der Waals surface area contributed by atoms with Crippen LogP contribution in [0.2, 0.25) is 0 Å². The molecule has 5 rings (SSSR count). The van der Waals surface area contributed by atoms with Gasteiger partial charge in [0.2, 0.25) is 0 Å². The number of esters is 1. The summed E-state index contributed by atoms with van der Waals surface area (Å²) in [6.07, 6.45) is 3.34. The predicted octanol–water partition coefficient (Wildman–Crippen LogP) is 4.63. The van der Waals surface area contributed by atoms with Gasteiger partial charge in [-0.2, -0.15) is 5.10 Å². The minimum absolute atomic E-state index is 0.264. The fourth-order valence-corrected chi connectivity index (χ4v) is 5.34. The Morgan fingerprint density at radius 1 is 1.20 bits per heavy atom. The number of carbonyl (C=O) groups is 2. The third-order valence-electron chi connectivity index (χ3n) is 7.51. The van der Waals surface area contributed by atoms with Crippen LogP contribution in [-0.2, 0) is 40.3 Å². The number of methoxy groups -OCH3 is 1. The van der Waals surface area contributed by atoms with Crippen LogP contribution in [0.15, 0.2) is 42.6 Å². The molecule has 1 aliphatic rings. The lowest BCUT2D eigenvalue weighted by atomic mass is 10.1. The maximum absolute atomic E-state index is 13.2. The number of fused-ring (bicyclic) bond motifs is 1. The summed E-state index contributed by atoms with van der Waals surface area (Å²) >= 11 is 0. The molecule has 0 aliphatic carbocycles. The molecule has 2 N–H and O–H groups in total. The lowest BCUT2D eigenvalue weighted by molar-refractivity contribution is -0.124. The van der Waals surface area contributed by atoms with Gasteiger partial charge >= 0.3 is 5.97 Å². The van der Waals surface area contributed by atoms with E-state index in [1.54, 1.807) is 6.20 Å². The van der Waals surface area contributed by atoms with Crippen molar-refractivity contribution in [1.29, 1.82) is 0 Å². The van der Waals surface area contributed by atoms with E-state index in [4.69, 9.17) is 14.5 Å². The summed E-state index contributed by atoms with van der Waals surface area (Å²) in [6, 6.07) is 12.0. The van der Waals surface area contributed by atoms with Crippen molar-refractivity contribution in [2.45, 2.75) is 65.8 Å². The van der Waals surface area contributed by atoms with E-state index in [-0.39, 0.29) is 11.6 Å². The number of pyridine rings is 1. The molecule has 1 fully saturated rings. The fourth-order valence-electron chi connectivity index (χ4n) is 5.34. The van der Waals surface area contributed by atoms with Gasteiger partial charge in [0.15, 0.2) is 5.69 Å². The fraction of sp³-hybridized carbons (Fsp3) is 0.400. The highest BCUT2D eigenvalue weighted by Gasteiger charge is 2.30. The maximum Gasteiger partial charge on any atom is 0.356 e. The van der Waals surface area contributed by atoms with Crippen molar-refractivity contribution in [3.8, 4) is 0 Å². The summed E-state index contributed by atoms with van der Waals surface area (Å²) in [5.41, 5.74) is 6.36. The normalized spacial score (nSPS) is 14.9. The number of amides is 1.